The second-order valence-corrected chi connectivity index (χ2v) is 8.25. The van der Waals surface area contributed by atoms with Crippen LogP contribution in [0.4, 0.5) is 10.6 Å². The zero-order valence-electron chi connectivity index (χ0n) is 17.2. The summed E-state index contributed by atoms with van der Waals surface area (Å²) in [5.41, 5.74) is 0.421. The molecule has 10 nitrogen and oxygen atoms in total. The largest absolute Gasteiger partial charge is 0.465 e. The van der Waals surface area contributed by atoms with Crippen LogP contribution in [0, 0.1) is 11.3 Å². The number of pyridine rings is 1. The summed E-state index contributed by atoms with van der Waals surface area (Å²) in [6, 6.07) is 5.64. The Labute approximate surface area is 185 Å². The van der Waals surface area contributed by atoms with Crippen LogP contribution in [0.15, 0.2) is 12.1 Å². The molecular weight excluding hydrogens is 422 g/mol. The molecule has 2 aliphatic heterocycles. The lowest BCUT2D eigenvalue weighted by molar-refractivity contribution is 0.119. The molecule has 1 amide bonds. The molecule has 2 aromatic heterocycles. The zero-order valence-corrected chi connectivity index (χ0v) is 18.0. The van der Waals surface area contributed by atoms with Crippen LogP contribution < -0.4 is 9.64 Å². The van der Waals surface area contributed by atoms with E-state index in [2.05, 4.69) is 33.0 Å². The van der Waals surface area contributed by atoms with Crippen LogP contribution in [-0.2, 0) is 0 Å². The fourth-order valence-corrected chi connectivity index (χ4v) is 4.34. The standard InChI is InChI=1S/C20H24ClN7O3/c1-26-8-2-3-14(26)12-31-19-24-17-15(4-5-16(21)23-17)18(25-19)27-9-10-28(20(29)30)13(11-27)6-7-22/h4-5,13-14H,2-3,6,8-12H2,1H3,(H,29,30)/t13-,14-/m0/s1. The van der Waals surface area contributed by atoms with Crippen molar-refractivity contribution in [1.82, 2.24) is 24.8 Å². The second-order valence-electron chi connectivity index (χ2n) is 7.86. The van der Waals surface area contributed by atoms with Crippen LogP contribution >= 0.6 is 11.6 Å². The minimum absolute atomic E-state index is 0.104. The van der Waals surface area contributed by atoms with E-state index in [1.54, 1.807) is 12.1 Å². The maximum absolute atomic E-state index is 11.5. The van der Waals surface area contributed by atoms with Gasteiger partial charge in [-0.25, -0.2) is 9.78 Å². The van der Waals surface area contributed by atoms with E-state index in [4.69, 9.17) is 21.6 Å². The summed E-state index contributed by atoms with van der Waals surface area (Å²) in [6.07, 6.45) is 1.28. The molecule has 4 rings (SSSR count). The fraction of sp³-hybridized carbons (Fsp3) is 0.550. The molecule has 164 valence electrons. The molecule has 2 atom stereocenters. The van der Waals surface area contributed by atoms with Crippen LogP contribution in [0.25, 0.3) is 11.0 Å². The lowest BCUT2D eigenvalue weighted by atomic mass is 10.1. The average molecular weight is 446 g/mol. The maximum Gasteiger partial charge on any atom is 0.407 e. The van der Waals surface area contributed by atoms with Crippen molar-refractivity contribution in [3.63, 3.8) is 0 Å². The Morgan fingerprint density at radius 2 is 2.13 bits per heavy atom. The number of likely N-dealkylation sites (N-methyl/N-ethyl adjacent to an activating group) is 1. The molecule has 31 heavy (non-hydrogen) atoms. The molecule has 11 heteroatoms. The smallest absolute Gasteiger partial charge is 0.407 e. The number of nitrogens with zero attached hydrogens (tertiary/aromatic N) is 7. The minimum Gasteiger partial charge on any atom is -0.465 e. The van der Waals surface area contributed by atoms with Crippen molar-refractivity contribution in [1.29, 1.82) is 5.26 Å². The third kappa shape index (κ3) is 4.57. The van der Waals surface area contributed by atoms with E-state index >= 15 is 0 Å². The van der Waals surface area contributed by atoms with Crippen molar-refractivity contribution in [3.8, 4) is 12.1 Å². The lowest BCUT2D eigenvalue weighted by Crippen LogP contribution is -2.55. The number of rotatable bonds is 5. The molecule has 4 heterocycles. The summed E-state index contributed by atoms with van der Waals surface area (Å²) in [6.45, 7) is 2.58. The highest BCUT2D eigenvalue weighted by Gasteiger charge is 2.32. The molecule has 2 saturated heterocycles. The van der Waals surface area contributed by atoms with E-state index in [0.29, 0.717) is 47.7 Å². The van der Waals surface area contributed by atoms with E-state index < -0.39 is 12.1 Å². The highest BCUT2D eigenvalue weighted by Crippen LogP contribution is 2.29. The number of hydrogen-bond donors (Lipinski definition) is 1. The number of amides is 1. The zero-order chi connectivity index (χ0) is 22.0. The van der Waals surface area contributed by atoms with E-state index in [1.165, 1.54) is 4.90 Å². The Bertz CT molecular complexity index is 1010. The van der Waals surface area contributed by atoms with E-state index in [9.17, 15) is 9.90 Å². The van der Waals surface area contributed by atoms with Crippen molar-refractivity contribution >= 4 is 34.5 Å². The third-order valence-electron chi connectivity index (χ3n) is 5.92. The Morgan fingerprint density at radius 1 is 1.29 bits per heavy atom. The molecule has 1 N–H and O–H groups in total. The van der Waals surface area contributed by atoms with Gasteiger partial charge >= 0.3 is 12.1 Å². The molecule has 0 saturated carbocycles. The van der Waals surface area contributed by atoms with Crippen LogP contribution in [0.5, 0.6) is 6.01 Å². The molecule has 2 aliphatic rings. The molecule has 0 radical (unpaired) electrons. The number of likely N-dealkylation sites (tertiary alicyclic amines) is 1. The number of piperazine rings is 1. The number of aromatic nitrogens is 3. The Balaban J connectivity index is 1.64. The van der Waals surface area contributed by atoms with Crippen molar-refractivity contribution in [2.75, 3.05) is 44.7 Å². The van der Waals surface area contributed by atoms with Crippen molar-refractivity contribution in [3.05, 3.63) is 17.3 Å². The van der Waals surface area contributed by atoms with Crippen molar-refractivity contribution < 1.29 is 14.6 Å². The first kappa shape index (κ1) is 21.3. The van der Waals surface area contributed by atoms with Crippen LogP contribution in [-0.4, -0.2) is 87.9 Å². The van der Waals surface area contributed by atoms with Crippen LogP contribution in [0.2, 0.25) is 5.15 Å². The average Bonchev–Trinajstić information content (AvgIpc) is 3.16. The number of carboxylic acid groups (broad SMARTS) is 1. The topological polar surface area (TPSA) is 119 Å². The summed E-state index contributed by atoms with van der Waals surface area (Å²) in [5.74, 6) is 0.608. The van der Waals surface area contributed by atoms with E-state index in [-0.39, 0.29) is 19.0 Å². The van der Waals surface area contributed by atoms with Gasteiger partial charge in [0.15, 0.2) is 5.65 Å². The van der Waals surface area contributed by atoms with Gasteiger partial charge in [-0.05, 0) is 38.6 Å². The molecule has 0 unspecified atom stereocenters. The number of fused-ring (bicyclic) bond motifs is 1. The van der Waals surface area contributed by atoms with Gasteiger partial charge in [-0.3, -0.25) is 0 Å². The number of carbonyl (C=O) groups is 1. The Kier molecular flexibility index (Phi) is 6.25. The quantitative estimate of drug-likeness (QED) is 0.691. The molecule has 2 fully saturated rings. The SMILES string of the molecule is CN1CCC[C@H]1COc1nc(N2CCN(C(=O)O)[C@@H](CC#N)C2)c2ccc(Cl)nc2n1. The lowest BCUT2D eigenvalue weighted by Gasteiger charge is -2.39. The minimum atomic E-state index is -1.02. The van der Waals surface area contributed by atoms with Gasteiger partial charge in [-0.2, -0.15) is 15.2 Å². The summed E-state index contributed by atoms with van der Waals surface area (Å²) < 4.78 is 5.94. The monoisotopic (exact) mass is 445 g/mol. The van der Waals surface area contributed by atoms with Crippen molar-refractivity contribution in [2.45, 2.75) is 31.3 Å². The number of ether oxygens (including phenoxy) is 1. The first-order valence-electron chi connectivity index (χ1n) is 10.2. The van der Waals surface area contributed by atoms with Gasteiger partial charge in [0, 0.05) is 25.7 Å². The van der Waals surface area contributed by atoms with Gasteiger partial charge in [0.1, 0.15) is 17.6 Å². The molecule has 2 aromatic rings. The van der Waals surface area contributed by atoms with E-state index in [0.717, 1.165) is 19.4 Å². The highest BCUT2D eigenvalue weighted by molar-refractivity contribution is 6.29. The number of halogens is 1. The fourth-order valence-electron chi connectivity index (χ4n) is 4.20. The van der Waals surface area contributed by atoms with Gasteiger partial charge in [-0.15, -0.1) is 0 Å². The Morgan fingerprint density at radius 3 is 2.84 bits per heavy atom. The van der Waals surface area contributed by atoms with Crippen LogP contribution in [0.1, 0.15) is 19.3 Å². The molecule has 0 bridgehead atoms. The molecule has 0 aliphatic carbocycles. The summed E-state index contributed by atoms with van der Waals surface area (Å²) in [4.78, 5) is 30.5. The first-order chi connectivity index (χ1) is 15.0. The predicted octanol–water partition coefficient (Wildman–Crippen LogP) is 2.23. The second kappa shape index (κ2) is 9.08. The van der Waals surface area contributed by atoms with Crippen LogP contribution in [0.3, 0.4) is 0 Å². The summed E-state index contributed by atoms with van der Waals surface area (Å²) in [7, 11) is 2.08. The van der Waals surface area contributed by atoms with Gasteiger partial charge < -0.3 is 24.5 Å². The maximum atomic E-state index is 11.5. The van der Waals surface area contributed by atoms with Crippen molar-refractivity contribution in [2.24, 2.45) is 0 Å². The Hall–Kier alpha value is -2.90. The molecule has 0 aromatic carbocycles. The summed E-state index contributed by atoms with van der Waals surface area (Å²) >= 11 is 6.09. The summed E-state index contributed by atoms with van der Waals surface area (Å²) in [5, 5.41) is 19.6. The number of anilines is 1. The normalized spacial score (nSPS) is 22.0. The predicted molar refractivity (Wildman–Crippen MR) is 114 cm³/mol. The number of hydrogen-bond acceptors (Lipinski definition) is 8. The van der Waals surface area contributed by atoms with Gasteiger partial charge in [0.25, 0.3) is 0 Å². The van der Waals surface area contributed by atoms with E-state index in [1.807, 2.05) is 4.90 Å². The van der Waals surface area contributed by atoms with Gasteiger partial charge in [-0.1, -0.05) is 11.6 Å². The highest BCUT2D eigenvalue weighted by atomic mass is 35.5. The number of nitriles is 1. The van der Waals surface area contributed by atoms with Gasteiger partial charge in [0.2, 0.25) is 0 Å². The van der Waals surface area contributed by atoms with Gasteiger partial charge in [0.05, 0.1) is 23.9 Å². The first-order valence-corrected chi connectivity index (χ1v) is 10.6. The molecular formula is C20H24ClN7O3. The third-order valence-corrected chi connectivity index (χ3v) is 6.13. The molecule has 0 spiro atoms.